The smallest absolute Gasteiger partial charge is 0.337 e. The molecule has 0 radical (unpaired) electrons. The summed E-state index contributed by atoms with van der Waals surface area (Å²) in [5, 5.41) is 15.4. The van der Waals surface area contributed by atoms with E-state index in [2.05, 4.69) is 15.5 Å². The number of unbranched alkanes of at least 4 members (excludes halogenated alkanes) is 1. The predicted molar refractivity (Wildman–Crippen MR) is 118 cm³/mol. The lowest BCUT2D eigenvalue weighted by molar-refractivity contribution is -0.123. The zero-order chi connectivity index (χ0) is 22.3. The van der Waals surface area contributed by atoms with Crippen LogP contribution in [-0.2, 0) is 9.59 Å². The van der Waals surface area contributed by atoms with Crippen molar-refractivity contribution in [3.8, 4) is 0 Å². The number of carbonyl (C=O) groups excluding carboxylic acids is 2. The maximum atomic E-state index is 12.1. The Morgan fingerprint density at radius 2 is 1.73 bits per heavy atom. The summed E-state index contributed by atoms with van der Waals surface area (Å²) in [7, 11) is 0. The number of carboxylic acid groups (broad SMARTS) is 1. The molecule has 1 aromatic rings. The number of hydrogen-bond acceptors (Lipinski definition) is 5. The third-order valence-electron chi connectivity index (χ3n) is 4.86. The standard InChI is InChI=1S/C22H34N4O4/c1-5-6-7-19(27)23-16-8-9-18(17(14-16)21(29)30)26-12-10-25(11-13-26)15-20(28)24-22(2,3)4/h8-9,14H,5-7,10-13,15H2,1-4H3,(H,23,27)(H,24,28)(H,29,30). The molecule has 2 amide bonds. The lowest BCUT2D eigenvalue weighted by Crippen LogP contribution is -2.52. The van der Waals surface area contributed by atoms with Gasteiger partial charge in [-0.05, 0) is 45.4 Å². The topological polar surface area (TPSA) is 102 Å². The fourth-order valence-electron chi connectivity index (χ4n) is 3.43. The number of benzene rings is 1. The van der Waals surface area contributed by atoms with Crippen molar-refractivity contribution in [1.82, 2.24) is 10.2 Å². The van der Waals surface area contributed by atoms with E-state index in [9.17, 15) is 19.5 Å². The summed E-state index contributed by atoms with van der Waals surface area (Å²) in [6, 6.07) is 5.01. The molecule has 1 aliphatic rings. The Hall–Kier alpha value is -2.61. The Morgan fingerprint density at radius 3 is 2.30 bits per heavy atom. The first-order valence-electron chi connectivity index (χ1n) is 10.5. The lowest BCUT2D eigenvalue weighted by atomic mass is 10.1. The van der Waals surface area contributed by atoms with Crippen LogP contribution in [0.25, 0.3) is 0 Å². The van der Waals surface area contributed by atoms with Crippen molar-refractivity contribution in [3.63, 3.8) is 0 Å². The zero-order valence-corrected chi connectivity index (χ0v) is 18.5. The van der Waals surface area contributed by atoms with Gasteiger partial charge in [0, 0.05) is 43.8 Å². The maximum absolute atomic E-state index is 12.1. The number of nitrogens with one attached hydrogen (secondary N) is 2. The largest absolute Gasteiger partial charge is 0.478 e. The van der Waals surface area contributed by atoms with Crippen LogP contribution in [0.3, 0.4) is 0 Å². The van der Waals surface area contributed by atoms with E-state index in [1.165, 1.54) is 6.07 Å². The highest BCUT2D eigenvalue weighted by molar-refractivity contribution is 5.98. The minimum absolute atomic E-state index is 0.00894. The van der Waals surface area contributed by atoms with Gasteiger partial charge in [-0.3, -0.25) is 14.5 Å². The lowest BCUT2D eigenvalue weighted by Gasteiger charge is -2.36. The maximum Gasteiger partial charge on any atom is 0.337 e. The van der Waals surface area contributed by atoms with E-state index >= 15 is 0 Å². The molecule has 0 saturated carbocycles. The third kappa shape index (κ3) is 7.33. The van der Waals surface area contributed by atoms with E-state index in [0.717, 1.165) is 12.8 Å². The van der Waals surface area contributed by atoms with Crippen molar-refractivity contribution < 1.29 is 19.5 Å². The van der Waals surface area contributed by atoms with E-state index < -0.39 is 5.97 Å². The number of nitrogens with zero attached hydrogens (tertiary/aromatic N) is 2. The SMILES string of the molecule is CCCCC(=O)Nc1ccc(N2CCN(CC(=O)NC(C)(C)C)CC2)c(C(=O)O)c1. The van der Waals surface area contributed by atoms with Crippen LogP contribution < -0.4 is 15.5 Å². The Balaban J connectivity index is 2.00. The van der Waals surface area contributed by atoms with Crippen LogP contribution in [0, 0.1) is 0 Å². The van der Waals surface area contributed by atoms with Crippen molar-refractivity contribution >= 4 is 29.2 Å². The van der Waals surface area contributed by atoms with Gasteiger partial charge >= 0.3 is 5.97 Å². The molecule has 1 aromatic carbocycles. The van der Waals surface area contributed by atoms with Crippen LogP contribution in [-0.4, -0.2) is 66.1 Å². The second-order valence-corrected chi connectivity index (χ2v) is 8.75. The third-order valence-corrected chi connectivity index (χ3v) is 4.86. The number of aromatic carboxylic acids is 1. The predicted octanol–water partition coefficient (Wildman–Crippen LogP) is 2.55. The van der Waals surface area contributed by atoms with Crippen LogP contribution >= 0.6 is 0 Å². The van der Waals surface area contributed by atoms with Crippen molar-refractivity contribution in [2.24, 2.45) is 0 Å². The number of carboxylic acids is 1. The van der Waals surface area contributed by atoms with E-state index in [0.29, 0.717) is 50.5 Å². The van der Waals surface area contributed by atoms with Crippen molar-refractivity contribution in [3.05, 3.63) is 23.8 Å². The summed E-state index contributed by atoms with van der Waals surface area (Å²) in [6.45, 7) is 10.8. The second kappa shape index (κ2) is 10.4. The highest BCUT2D eigenvalue weighted by Gasteiger charge is 2.24. The summed E-state index contributed by atoms with van der Waals surface area (Å²) < 4.78 is 0. The molecule has 0 atom stereocenters. The number of carbonyl (C=O) groups is 3. The highest BCUT2D eigenvalue weighted by atomic mass is 16.4. The summed E-state index contributed by atoms with van der Waals surface area (Å²) in [4.78, 5) is 40.0. The molecule has 30 heavy (non-hydrogen) atoms. The molecule has 1 aliphatic heterocycles. The Kier molecular flexibility index (Phi) is 8.23. The molecule has 1 heterocycles. The summed E-state index contributed by atoms with van der Waals surface area (Å²) in [5.74, 6) is -1.14. The number of rotatable bonds is 8. The van der Waals surface area contributed by atoms with Crippen LogP contribution in [0.4, 0.5) is 11.4 Å². The van der Waals surface area contributed by atoms with Gasteiger partial charge in [-0.2, -0.15) is 0 Å². The quantitative estimate of drug-likeness (QED) is 0.600. The number of anilines is 2. The number of hydrogen-bond donors (Lipinski definition) is 3. The fourth-order valence-corrected chi connectivity index (χ4v) is 3.43. The van der Waals surface area contributed by atoms with Gasteiger partial charge in [0.15, 0.2) is 0 Å². The summed E-state index contributed by atoms with van der Waals surface area (Å²) >= 11 is 0. The fraction of sp³-hybridized carbons (Fsp3) is 0.591. The van der Waals surface area contributed by atoms with E-state index in [-0.39, 0.29) is 22.9 Å². The molecule has 2 rings (SSSR count). The molecule has 166 valence electrons. The summed E-state index contributed by atoms with van der Waals surface area (Å²) in [6.07, 6.45) is 2.15. The van der Waals surface area contributed by atoms with Gasteiger partial charge in [0.05, 0.1) is 17.8 Å². The molecule has 0 bridgehead atoms. The normalized spacial score (nSPS) is 15.0. The average Bonchev–Trinajstić information content (AvgIpc) is 2.65. The number of amides is 2. The minimum atomic E-state index is -1.03. The Morgan fingerprint density at radius 1 is 1.07 bits per heavy atom. The monoisotopic (exact) mass is 418 g/mol. The van der Waals surface area contributed by atoms with Gasteiger partial charge in [-0.1, -0.05) is 13.3 Å². The minimum Gasteiger partial charge on any atom is -0.478 e. The Bertz CT molecular complexity index is 765. The zero-order valence-electron chi connectivity index (χ0n) is 18.5. The van der Waals surface area contributed by atoms with Crippen molar-refractivity contribution in [1.29, 1.82) is 0 Å². The van der Waals surface area contributed by atoms with Gasteiger partial charge < -0.3 is 20.6 Å². The van der Waals surface area contributed by atoms with Gasteiger partial charge in [0.25, 0.3) is 0 Å². The first kappa shape index (κ1) is 23.7. The van der Waals surface area contributed by atoms with Gasteiger partial charge in [0.1, 0.15) is 0 Å². The van der Waals surface area contributed by atoms with E-state index in [4.69, 9.17) is 0 Å². The van der Waals surface area contributed by atoms with Gasteiger partial charge in [0.2, 0.25) is 11.8 Å². The van der Waals surface area contributed by atoms with Crippen molar-refractivity contribution in [2.45, 2.75) is 52.5 Å². The van der Waals surface area contributed by atoms with Crippen LogP contribution in [0.5, 0.6) is 0 Å². The van der Waals surface area contributed by atoms with Crippen LogP contribution in [0.15, 0.2) is 18.2 Å². The molecule has 0 spiro atoms. The van der Waals surface area contributed by atoms with E-state index in [1.807, 2.05) is 32.6 Å². The van der Waals surface area contributed by atoms with Gasteiger partial charge in [-0.25, -0.2) is 4.79 Å². The molecule has 8 nitrogen and oxygen atoms in total. The average molecular weight is 419 g/mol. The number of piperazine rings is 1. The van der Waals surface area contributed by atoms with Crippen LogP contribution in [0.1, 0.15) is 57.3 Å². The molecule has 1 saturated heterocycles. The van der Waals surface area contributed by atoms with Crippen LogP contribution in [0.2, 0.25) is 0 Å². The van der Waals surface area contributed by atoms with E-state index in [1.54, 1.807) is 12.1 Å². The molecule has 0 aliphatic carbocycles. The molecule has 0 aromatic heterocycles. The highest BCUT2D eigenvalue weighted by Crippen LogP contribution is 2.26. The Labute approximate surface area is 178 Å². The first-order chi connectivity index (χ1) is 14.1. The molecule has 3 N–H and O–H groups in total. The van der Waals surface area contributed by atoms with Gasteiger partial charge in [-0.15, -0.1) is 0 Å². The summed E-state index contributed by atoms with van der Waals surface area (Å²) in [5.41, 5.74) is 1.04. The second-order valence-electron chi connectivity index (χ2n) is 8.75. The first-order valence-corrected chi connectivity index (χ1v) is 10.5. The molecular formula is C22H34N4O4. The molecule has 0 unspecified atom stereocenters. The van der Waals surface area contributed by atoms with Crippen molar-refractivity contribution in [2.75, 3.05) is 42.9 Å². The molecular weight excluding hydrogens is 384 g/mol. The molecule has 1 fully saturated rings. The molecule has 8 heteroatoms.